The van der Waals surface area contributed by atoms with E-state index in [0.29, 0.717) is 24.5 Å². The van der Waals surface area contributed by atoms with Gasteiger partial charge >= 0.3 is 0 Å². The number of thiocarbonyl (C=S) groups is 1. The third-order valence-electron chi connectivity index (χ3n) is 3.56. The van der Waals surface area contributed by atoms with Crippen LogP contribution in [-0.4, -0.2) is 30.8 Å². The normalized spacial score (nSPS) is 10.1. The lowest BCUT2D eigenvalue weighted by atomic mass is 10.1. The van der Waals surface area contributed by atoms with Crippen LogP contribution < -0.4 is 20.1 Å². The van der Waals surface area contributed by atoms with Crippen molar-refractivity contribution in [2.75, 3.05) is 26.1 Å². The Morgan fingerprint density at radius 3 is 2.58 bits per heavy atom. The summed E-state index contributed by atoms with van der Waals surface area (Å²) in [7, 11) is 3.13. The number of halogens is 1. The Labute approximate surface area is 155 Å². The van der Waals surface area contributed by atoms with E-state index in [1.54, 1.807) is 14.2 Å². The predicted molar refractivity (Wildman–Crippen MR) is 101 cm³/mol. The van der Waals surface area contributed by atoms with Crippen LogP contribution in [0.3, 0.4) is 0 Å². The molecule has 0 heterocycles. The van der Waals surface area contributed by atoms with E-state index in [-0.39, 0.29) is 16.5 Å². The monoisotopic (exact) mass is 379 g/mol. The molecule has 26 heavy (non-hydrogen) atoms. The van der Waals surface area contributed by atoms with E-state index < -0.39 is 10.7 Å². The molecule has 0 aliphatic rings. The summed E-state index contributed by atoms with van der Waals surface area (Å²) in [5.41, 5.74) is 0.726. The highest BCUT2D eigenvalue weighted by Gasteiger charge is 2.12. The van der Waals surface area contributed by atoms with Crippen LogP contribution >= 0.6 is 12.2 Å². The molecule has 0 radical (unpaired) electrons. The maximum atomic E-state index is 13.7. The number of hydrogen-bond donors (Lipinski definition) is 2. The molecule has 7 nitrogen and oxygen atoms in total. The second-order valence-corrected chi connectivity index (χ2v) is 5.65. The van der Waals surface area contributed by atoms with Gasteiger partial charge in [0.25, 0.3) is 5.69 Å². The molecule has 0 aliphatic heterocycles. The molecule has 2 aromatic rings. The van der Waals surface area contributed by atoms with Crippen LogP contribution in [0.15, 0.2) is 36.4 Å². The molecule has 0 aromatic heterocycles. The van der Waals surface area contributed by atoms with Crippen molar-refractivity contribution in [1.82, 2.24) is 5.32 Å². The summed E-state index contributed by atoms with van der Waals surface area (Å²) < 4.78 is 24.2. The molecule has 2 N–H and O–H groups in total. The minimum atomic E-state index is -0.625. The molecule has 0 amide bonds. The zero-order valence-corrected chi connectivity index (χ0v) is 15.1. The van der Waals surface area contributed by atoms with Gasteiger partial charge in [0.1, 0.15) is 5.82 Å². The van der Waals surface area contributed by atoms with Crippen LogP contribution in [0, 0.1) is 15.9 Å². The standard InChI is InChI=1S/C17H18FN3O4S/c1-24-15-6-3-11(9-16(15)25-2)7-8-19-17(26)20-14-10-12(21(22)23)4-5-13(14)18/h3-6,9-10H,7-8H2,1-2H3,(H2,19,20,26). The molecule has 0 bridgehead atoms. The van der Waals surface area contributed by atoms with Crippen molar-refractivity contribution >= 4 is 28.7 Å². The average Bonchev–Trinajstić information content (AvgIpc) is 2.63. The van der Waals surface area contributed by atoms with Gasteiger partial charge in [-0.2, -0.15) is 0 Å². The highest BCUT2D eigenvalue weighted by molar-refractivity contribution is 7.80. The molecule has 0 unspecified atom stereocenters. The van der Waals surface area contributed by atoms with Gasteiger partial charge in [0, 0.05) is 18.7 Å². The van der Waals surface area contributed by atoms with Crippen molar-refractivity contribution in [3.63, 3.8) is 0 Å². The van der Waals surface area contributed by atoms with Crippen LogP contribution in [0.25, 0.3) is 0 Å². The number of benzene rings is 2. The second kappa shape index (κ2) is 8.95. The number of rotatable bonds is 7. The molecule has 0 aliphatic carbocycles. The van der Waals surface area contributed by atoms with Crippen LogP contribution in [-0.2, 0) is 6.42 Å². The number of anilines is 1. The summed E-state index contributed by atoms with van der Waals surface area (Å²) in [5, 5.41) is 16.5. The largest absolute Gasteiger partial charge is 0.493 e. The molecule has 0 saturated carbocycles. The van der Waals surface area contributed by atoms with Gasteiger partial charge in [-0.05, 0) is 42.4 Å². The summed E-state index contributed by atoms with van der Waals surface area (Å²) in [4.78, 5) is 10.2. The highest BCUT2D eigenvalue weighted by atomic mass is 32.1. The van der Waals surface area contributed by atoms with Crippen molar-refractivity contribution < 1.29 is 18.8 Å². The number of non-ortho nitro benzene ring substituents is 1. The topological polar surface area (TPSA) is 85.7 Å². The van der Waals surface area contributed by atoms with E-state index in [1.807, 2.05) is 18.2 Å². The quantitative estimate of drug-likeness (QED) is 0.434. The fourth-order valence-corrected chi connectivity index (χ4v) is 2.46. The summed E-state index contributed by atoms with van der Waals surface area (Å²) in [6.45, 7) is 0.484. The van der Waals surface area contributed by atoms with Crippen molar-refractivity contribution in [2.45, 2.75) is 6.42 Å². The molecule has 9 heteroatoms. The third kappa shape index (κ3) is 5.03. The first-order valence-corrected chi connectivity index (χ1v) is 8.05. The highest BCUT2D eigenvalue weighted by Crippen LogP contribution is 2.27. The molecule has 0 fully saturated rings. The van der Waals surface area contributed by atoms with Crippen molar-refractivity contribution in [3.05, 3.63) is 57.9 Å². The van der Waals surface area contributed by atoms with Gasteiger partial charge in [0.15, 0.2) is 16.6 Å². The summed E-state index contributed by atoms with van der Waals surface area (Å²) in [6, 6.07) is 8.78. The van der Waals surface area contributed by atoms with E-state index in [1.165, 1.54) is 0 Å². The Morgan fingerprint density at radius 1 is 1.19 bits per heavy atom. The zero-order valence-electron chi connectivity index (χ0n) is 14.2. The van der Waals surface area contributed by atoms with Crippen LogP contribution in [0.1, 0.15) is 5.56 Å². The molecule has 2 aromatic carbocycles. The van der Waals surface area contributed by atoms with E-state index in [4.69, 9.17) is 21.7 Å². The van der Waals surface area contributed by atoms with Crippen LogP contribution in [0.2, 0.25) is 0 Å². The van der Waals surface area contributed by atoms with E-state index in [0.717, 1.165) is 23.8 Å². The number of nitrogens with zero attached hydrogens (tertiary/aromatic N) is 1. The lowest BCUT2D eigenvalue weighted by molar-refractivity contribution is -0.384. The first-order chi connectivity index (χ1) is 12.4. The van der Waals surface area contributed by atoms with E-state index >= 15 is 0 Å². The number of methoxy groups -OCH3 is 2. The molecule has 0 spiro atoms. The summed E-state index contributed by atoms with van der Waals surface area (Å²) in [5.74, 6) is 0.645. The van der Waals surface area contributed by atoms with Crippen molar-refractivity contribution in [2.24, 2.45) is 0 Å². The molecule has 2 rings (SSSR count). The predicted octanol–water partition coefficient (Wildman–Crippen LogP) is 3.28. The minimum absolute atomic E-state index is 0.0529. The van der Waals surface area contributed by atoms with Gasteiger partial charge in [-0.3, -0.25) is 10.1 Å². The Bertz CT molecular complexity index is 817. The van der Waals surface area contributed by atoms with Gasteiger partial charge < -0.3 is 20.1 Å². The fraction of sp³-hybridized carbons (Fsp3) is 0.235. The van der Waals surface area contributed by atoms with Gasteiger partial charge in [-0.25, -0.2) is 4.39 Å². The lowest BCUT2D eigenvalue weighted by Gasteiger charge is -2.12. The van der Waals surface area contributed by atoms with Gasteiger partial charge in [-0.1, -0.05) is 6.07 Å². The molecule has 0 saturated heterocycles. The average molecular weight is 379 g/mol. The molecular weight excluding hydrogens is 361 g/mol. The Hall–Kier alpha value is -2.94. The smallest absolute Gasteiger partial charge is 0.271 e. The van der Waals surface area contributed by atoms with Crippen molar-refractivity contribution in [1.29, 1.82) is 0 Å². The number of ether oxygens (including phenoxy) is 2. The van der Waals surface area contributed by atoms with Crippen LogP contribution in [0.5, 0.6) is 11.5 Å². The zero-order chi connectivity index (χ0) is 19.1. The third-order valence-corrected chi connectivity index (χ3v) is 3.80. The maximum absolute atomic E-state index is 13.7. The lowest BCUT2D eigenvalue weighted by Crippen LogP contribution is -2.30. The molecular formula is C17H18FN3O4S. The molecule has 138 valence electrons. The van der Waals surface area contributed by atoms with Gasteiger partial charge in [0.05, 0.1) is 24.8 Å². The number of nitro groups is 1. The van der Waals surface area contributed by atoms with E-state index in [9.17, 15) is 14.5 Å². The first-order valence-electron chi connectivity index (χ1n) is 7.64. The van der Waals surface area contributed by atoms with Gasteiger partial charge in [-0.15, -0.1) is 0 Å². The first kappa shape index (κ1) is 19.4. The fourth-order valence-electron chi connectivity index (χ4n) is 2.25. The Kier molecular flexibility index (Phi) is 6.67. The summed E-state index contributed by atoms with van der Waals surface area (Å²) >= 11 is 5.10. The minimum Gasteiger partial charge on any atom is -0.493 e. The summed E-state index contributed by atoms with van der Waals surface area (Å²) in [6.07, 6.45) is 0.638. The number of nitro benzene ring substituents is 1. The maximum Gasteiger partial charge on any atom is 0.271 e. The number of nitrogens with one attached hydrogen (secondary N) is 2. The Morgan fingerprint density at radius 2 is 1.92 bits per heavy atom. The SMILES string of the molecule is COc1ccc(CCNC(=S)Nc2cc([N+](=O)[O-])ccc2F)cc1OC. The van der Waals surface area contributed by atoms with E-state index in [2.05, 4.69) is 10.6 Å². The second-order valence-electron chi connectivity index (χ2n) is 5.24. The van der Waals surface area contributed by atoms with Crippen LogP contribution in [0.4, 0.5) is 15.8 Å². The number of hydrogen-bond acceptors (Lipinski definition) is 5. The molecule has 0 atom stereocenters. The Balaban J connectivity index is 1.91. The van der Waals surface area contributed by atoms with Gasteiger partial charge in [0.2, 0.25) is 0 Å². The van der Waals surface area contributed by atoms with Crippen molar-refractivity contribution in [3.8, 4) is 11.5 Å².